The maximum Gasteiger partial charge on any atom is 0.251 e. The summed E-state index contributed by atoms with van der Waals surface area (Å²) in [5, 5.41) is 9.19. The van der Waals surface area contributed by atoms with Gasteiger partial charge in [0.25, 0.3) is 5.91 Å². The summed E-state index contributed by atoms with van der Waals surface area (Å²) in [6, 6.07) is 13.4. The quantitative estimate of drug-likeness (QED) is 0.287. The number of carbonyl (C=O) groups excluding carboxylic acids is 1. The fraction of sp³-hybridized carbons (Fsp3) is 0.333. The zero-order chi connectivity index (χ0) is 20.4. The Kier molecular flexibility index (Phi) is 11.0. The van der Waals surface area contributed by atoms with E-state index >= 15 is 0 Å². The highest BCUT2D eigenvalue weighted by molar-refractivity contribution is 14.0. The molecule has 2 aromatic rings. The molecule has 6 nitrogen and oxygen atoms in total. The number of benzene rings is 2. The predicted octanol–water partition coefficient (Wildman–Crippen LogP) is 3.33. The number of nitrogens with zero attached hydrogens (tertiary/aromatic N) is 1. The minimum atomic E-state index is -0.293. The minimum Gasteiger partial charge on any atom is -0.489 e. The first-order chi connectivity index (χ1) is 13.5. The van der Waals surface area contributed by atoms with Crippen molar-refractivity contribution in [3.8, 4) is 5.75 Å². The van der Waals surface area contributed by atoms with Crippen LogP contribution in [0.1, 0.15) is 29.8 Å². The van der Waals surface area contributed by atoms with Gasteiger partial charge in [0.05, 0.1) is 6.54 Å². The van der Waals surface area contributed by atoms with Gasteiger partial charge in [-0.2, -0.15) is 0 Å². The van der Waals surface area contributed by atoms with E-state index in [9.17, 15) is 9.18 Å². The molecule has 0 saturated heterocycles. The molecule has 0 spiro atoms. The van der Waals surface area contributed by atoms with Crippen molar-refractivity contribution in [2.75, 3.05) is 20.1 Å². The van der Waals surface area contributed by atoms with Gasteiger partial charge in [-0.3, -0.25) is 9.79 Å². The molecular weight excluding hydrogens is 486 g/mol. The smallest absolute Gasteiger partial charge is 0.251 e. The monoisotopic (exact) mass is 514 g/mol. The summed E-state index contributed by atoms with van der Waals surface area (Å²) < 4.78 is 18.7. The molecule has 0 aromatic heterocycles. The van der Waals surface area contributed by atoms with Crippen molar-refractivity contribution in [1.29, 1.82) is 0 Å². The number of hydrogen-bond acceptors (Lipinski definition) is 3. The second kappa shape index (κ2) is 13.0. The third-order valence-corrected chi connectivity index (χ3v) is 3.92. The van der Waals surface area contributed by atoms with Crippen LogP contribution < -0.4 is 20.7 Å². The van der Waals surface area contributed by atoms with Gasteiger partial charge < -0.3 is 20.7 Å². The molecule has 1 amide bonds. The Morgan fingerprint density at radius 2 is 1.86 bits per heavy atom. The first kappa shape index (κ1) is 24.7. The predicted molar refractivity (Wildman–Crippen MR) is 125 cm³/mol. The highest BCUT2D eigenvalue weighted by atomic mass is 127. The van der Waals surface area contributed by atoms with Crippen LogP contribution in [0, 0.1) is 5.82 Å². The summed E-state index contributed by atoms with van der Waals surface area (Å²) >= 11 is 0. The van der Waals surface area contributed by atoms with Crippen LogP contribution in [0.2, 0.25) is 0 Å². The van der Waals surface area contributed by atoms with E-state index in [4.69, 9.17) is 4.74 Å². The number of ether oxygens (including phenoxy) is 1. The van der Waals surface area contributed by atoms with Gasteiger partial charge in [0, 0.05) is 25.7 Å². The van der Waals surface area contributed by atoms with Crippen molar-refractivity contribution in [3.05, 3.63) is 65.5 Å². The molecule has 0 bridgehead atoms. The van der Waals surface area contributed by atoms with Gasteiger partial charge >= 0.3 is 0 Å². The van der Waals surface area contributed by atoms with Crippen molar-refractivity contribution in [3.63, 3.8) is 0 Å². The molecule has 0 fully saturated rings. The standard InChI is InChI=1S/C21H27FN4O2.HI/c1-4-24-20(27)17-7-5-6-16(12-17)14-26-21(23-3)25-13-15(2)28-19-10-8-18(22)9-11-19;/h5-12,15H,4,13-14H2,1-3H3,(H,24,27)(H2,23,25,26);1H. The van der Waals surface area contributed by atoms with E-state index in [2.05, 4.69) is 20.9 Å². The Morgan fingerprint density at radius 3 is 2.52 bits per heavy atom. The fourth-order valence-corrected chi connectivity index (χ4v) is 2.52. The van der Waals surface area contributed by atoms with Gasteiger partial charge in [0.1, 0.15) is 17.7 Å². The Labute approximate surface area is 188 Å². The van der Waals surface area contributed by atoms with E-state index in [0.29, 0.717) is 36.9 Å². The lowest BCUT2D eigenvalue weighted by Crippen LogP contribution is -2.41. The average molecular weight is 514 g/mol. The molecule has 0 radical (unpaired) electrons. The normalized spacial score (nSPS) is 11.8. The first-order valence-corrected chi connectivity index (χ1v) is 9.25. The summed E-state index contributed by atoms with van der Waals surface area (Å²) in [5.41, 5.74) is 1.60. The molecule has 158 valence electrons. The molecule has 3 N–H and O–H groups in total. The van der Waals surface area contributed by atoms with Crippen LogP contribution in [-0.2, 0) is 6.54 Å². The van der Waals surface area contributed by atoms with E-state index in [-0.39, 0.29) is 41.8 Å². The Morgan fingerprint density at radius 1 is 1.14 bits per heavy atom. The number of guanidine groups is 1. The number of aliphatic imine (C=N–C) groups is 1. The molecule has 0 aliphatic heterocycles. The Bertz CT molecular complexity index is 800. The molecule has 0 saturated carbocycles. The van der Waals surface area contributed by atoms with Gasteiger partial charge in [-0.1, -0.05) is 12.1 Å². The molecule has 1 atom stereocenters. The van der Waals surface area contributed by atoms with Crippen LogP contribution in [-0.4, -0.2) is 38.1 Å². The number of amides is 1. The number of nitrogens with one attached hydrogen (secondary N) is 3. The highest BCUT2D eigenvalue weighted by Gasteiger charge is 2.08. The SMILES string of the molecule is CCNC(=O)c1cccc(CNC(=NC)NCC(C)Oc2ccc(F)cc2)c1.I. The summed E-state index contributed by atoms with van der Waals surface area (Å²) in [6.07, 6.45) is -0.134. The molecule has 8 heteroatoms. The highest BCUT2D eigenvalue weighted by Crippen LogP contribution is 2.12. The van der Waals surface area contributed by atoms with Crippen LogP contribution in [0.15, 0.2) is 53.5 Å². The zero-order valence-corrected chi connectivity index (χ0v) is 19.2. The molecule has 0 aliphatic rings. The lowest BCUT2D eigenvalue weighted by molar-refractivity contribution is 0.0955. The number of carbonyl (C=O) groups is 1. The average Bonchev–Trinajstić information content (AvgIpc) is 2.70. The van der Waals surface area contributed by atoms with E-state index in [1.165, 1.54) is 12.1 Å². The number of hydrogen-bond donors (Lipinski definition) is 3. The molecule has 2 aromatic carbocycles. The first-order valence-electron chi connectivity index (χ1n) is 9.25. The van der Waals surface area contributed by atoms with Gasteiger partial charge in [-0.05, 0) is 55.8 Å². The van der Waals surface area contributed by atoms with Gasteiger partial charge in [0.15, 0.2) is 5.96 Å². The maximum atomic E-state index is 12.9. The van der Waals surface area contributed by atoms with Crippen LogP contribution >= 0.6 is 24.0 Å². The topological polar surface area (TPSA) is 74.8 Å². The summed E-state index contributed by atoms with van der Waals surface area (Å²) in [7, 11) is 1.69. The third-order valence-electron chi connectivity index (χ3n) is 3.92. The van der Waals surface area contributed by atoms with Crippen molar-refractivity contribution in [2.24, 2.45) is 4.99 Å². The lowest BCUT2D eigenvalue weighted by atomic mass is 10.1. The second-order valence-electron chi connectivity index (χ2n) is 6.25. The summed E-state index contributed by atoms with van der Waals surface area (Å²) in [5.74, 6) is 0.858. The van der Waals surface area contributed by atoms with Crippen LogP contribution in [0.3, 0.4) is 0 Å². The lowest BCUT2D eigenvalue weighted by Gasteiger charge is -2.18. The van der Waals surface area contributed by atoms with Crippen molar-refractivity contribution in [2.45, 2.75) is 26.5 Å². The molecule has 1 unspecified atom stereocenters. The molecule has 0 heterocycles. The van der Waals surface area contributed by atoms with Crippen LogP contribution in [0.4, 0.5) is 4.39 Å². The molecular formula is C21H28FIN4O2. The molecule has 0 aliphatic carbocycles. The number of rotatable bonds is 8. The van der Waals surface area contributed by atoms with Gasteiger partial charge in [0.2, 0.25) is 0 Å². The number of halogens is 2. The van der Waals surface area contributed by atoms with E-state index in [1.54, 1.807) is 25.2 Å². The van der Waals surface area contributed by atoms with Crippen molar-refractivity contribution >= 4 is 35.8 Å². The fourth-order valence-electron chi connectivity index (χ4n) is 2.52. The Hall–Kier alpha value is -2.36. The largest absolute Gasteiger partial charge is 0.489 e. The summed E-state index contributed by atoms with van der Waals surface area (Å²) in [4.78, 5) is 16.1. The summed E-state index contributed by atoms with van der Waals surface area (Å²) in [6.45, 7) is 5.45. The minimum absolute atomic E-state index is 0. The Balaban J connectivity index is 0.00000420. The van der Waals surface area contributed by atoms with Crippen LogP contribution in [0.25, 0.3) is 0 Å². The van der Waals surface area contributed by atoms with E-state index in [1.807, 2.05) is 32.0 Å². The second-order valence-corrected chi connectivity index (χ2v) is 6.25. The van der Waals surface area contributed by atoms with Crippen molar-refractivity contribution in [1.82, 2.24) is 16.0 Å². The molecule has 29 heavy (non-hydrogen) atoms. The van der Waals surface area contributed by atoms with Crippen LogP contribution in [0.5, 0.6) is 5.75 Å². The third kappa shape index (κ3) is 8.68. The van der Waals surface area contributed by atoms with Gasteiger partial charge in [-0.25, -0.2) is 4.39 Å². The van der Waals surface area contributed by atoms with Crippen molar-refractivity contribution < 1.29 is 13.9 Å². The van der Waals surface area contributed by atoms with E-state index < -0.39 is 0 Å². The molecule has 2 rings (SSSR count). The van der Waals surface area contributed by atoms with E-state index in [0.717, 1.165) is 5.56 Å². The maximum absolute atomic E-state index is 12.9. The van der Waals surface area contributed by atoms with Gasteiger partial charge in [-0.15, -0.1) is 24.0 Å². The zero-order valence-electron chi connectivity index (χ0n) is 16.9.